The summed E-state index contributed by atoms with van der Waals surface area (Å²) in [6, 6.07) is 0. The Kier molecular flexibility index (Phi) is 3.29. The van der Waals surface area contributed by atoms with E-state index in [-0.39, 0.29) is 5.91 Å². The molecule has 1 rings (SSSR count). The van der Waals surface area contributed by atoms with E-state index in [2.05, 4.69) is 31.3 Å². The van der Waals surface area contributed by atoms with Crippen molar-refractivity contribution in [1.29, 1.82) is 0 Å². The second-order valence-corrected chi connectivity index (χ2v) is 3.69. The highest BCUT2D eigenvalue weighted by molar-refractivity contribution is 5.81. The first kappa shape index (κ1) is 10.0. The minimum Gasteiger partial charge on any atom is -0.326 e. The van der Waals surface area contributed by atoms with Crippen molar-refractivity contribution in [2.24, 2.45) is 5.92 Å². The molecule has 2 heteroatoms. The third-order valence-electron chi connectivity index (χ3n) is 2.09. The van der Waals surface area contributed by atoms with Crippen LogP contribution < -0.4 is 5.32 Å². The van der Waals surface area contributed by atoms with Crippen LogP contribution in [0.5, 0.6) is 0 Å². The summed E-state index contributed by atoms with van der Waals surface area (Å²) < 4.78 is 0. The Bertz CT molecular complexity index is 261. The molecule has 1 amide bonds. The summed E-state index contributed by atoms with van der Waals surface area (Å²) in [5.41, 5.74) is 2.27. The molecular weight excluding hydrogens is 162 g/mol. The van der Waals surface area contributed by atoms with E-state index in [4.69, 9.17) is 0 Å². The molecule has 1 saturated heterocycles. The van der Waals surface area contributed by atoms with Crippen molar-refractivity contribution in [2.75, 3.05) is 0 Å². The zero-order valence-electron chi connectivity index (χ0n) is 8.55. The topological polar surface area (TPSA) is 29.1 Å². The molecule has 0 radical (unpaired) electrons. The molecule has 1 heterocycles. The molecule has 0 unspecified atom stereocenters. The summed E-state index contributed by atoms with van der Waals surface area (Å²) in [6.45, 7) is 6.24. The van der Waals surface area contributed by atoms with Gasteiger partial charge in [-0.15, -0.1) is 0 Å². The van der Waals surface area contributed by atoms with Crippen molar-refractivity contribution in [3.63, 3.8) is 0 Å². The standard InChI is InChI=1S/C11H17NO/c1-4-9-5-6-11(13)12-10(9)7-8(2)3/h4,7-8H,5-6H2,1-3H3,(H,12,13)/b9-4-,10-7+. The van der Waals surface area contributed by atoms with Crippen LogP contribution in [0.25, 0.3) is 0 Å². The van der Waals surface area contributed by atoms with Crippen LogP contribution in [0, 0.1) is 5.92 Å². The zero-order chi connectivity index (χ0) is 9.84. The van der Waals surface area contributed by atoms with E-state index in [1.807, 2.05) is 6.92 Å². The largest absolute Gasteiger partial charge is 0.326 e. The molecule has 1 aliphatic heterocycles. The Labute approximate surface area is 79.7 Å². The first-order valence-corrected chi connectivity index (χ1v) is 4.80. The number of nitrogens with one attached hydrogen (secondary N) is 1. The van der Waals surface area contributed by atoms with E-state index < -0.39 is 0 Å². The third kappa shape index (κ3) is 2.72. The lowest BCUT2D eigenvalue weighted by Gasteiger charge is -2.19. The lowest BCUT2D eigenvalue weighted by molar-refractivity contribution is -0.120. The lowest BCUT2D eigenvalue weighted by atomic mass is 9.99. The Morgan fingerprint density at radius 3 is 2.62 bits per heavy atom. The number of piperidine rings is 1. The highest BCUT2D eigenvalue weighted by Gasteiger charge is 2.16. The minimum absolute atomic E-state index is 0.137. The summed E-state index contributed by atoms with van der Waals surface area (Å²) in [7, 11) is 0. The van der Waals surface area contributed by atoms with E-state index in [9.17, 15) is 4.79 Å². The van der Waals surface area contributed by atoms with E-state index in [0.717, 1.165) is 12.1 Å². The Hall–Kier alpha value is -1.05. The van der Waals surface area contributed by atoms with Gasteiger partial charge in [0.25, 0.3) is 0 Å². The van der Waals surface area contributed by atoms with Crippen LogP contribution in [0.3, 0.4) is 0 Å². The third-order valence-corrected chi connectivity index (χ3v) is 2.09. The van der Waals surface area contributed by atoms with Crippen molar-refractivity contribution in [1.82, 2.24) is 5.32 Å². The summed E-state index contributed by atoms with van der Waals surface area (Å²) in [5, 5.41) is 2.90. The summed E-state index contributed by atoms with van der Waals surface area (Å²) in [5.74, 6) is 0.612. The number of amides is 1. The van der Waals surface area contributed by atoms with Gasteiger partial charge in [0.1, 0.15) is 0 Å². The maximum absolute atomic E-state index is 11.1. The smallest absolute Gasteiger partial charge is 0.224 e. The summed E-state index contributed by atoms with van der Waals surface area (Å²) in [4.78, 5) is 11.1. The van der Waals surface area contributed by atoms with Crippen LogP contribution >= 0.6 is 0 Å². The van der Waals surface area contributed by atoms with E-state index >= 15 is 0 Å². The predicted octanol–water partition coefficient (Wildman–Crippen LogP) is 2.38. The highest BCUT2D eigenvalue weighted by Crippen LogP contribution is 2.20. The van der Waals surface area contributed by atoms with Crippen molar-refractivity contribution in [3.8, 4) is 0 Å². The lowest BCUT2D eigenvalue weighted by Crippen LogP contribution is -2.28. The van der Waals surface area contributed by atoms with Crippen molar-refractivity contribution >= 4 is 5.91 Å². The van der Waals surface area contributed by atoms with Gasteiger partial charge in [0.2, 0.25) is 5.91 Å². The van der Waals surface area contributed by atoms with Crippen LogP contribution in [-0.2, 0) is 4.79 Å². The maximum Gasteiger partial charge on any atom is 0.224 e. The molecule has 0 saturated carbocycles. The quantitative estimate of drug-likeness (QED) is 0.658. The number of carbonyl (C=O) groups excluding carboxylic acids is 1. The van der Waals surface area contributed by atoms with Crippen LogP contribution in [-0.4, -0.2) is 5.91 Å². The first-order chi connectivity index (χ1) is 6.13. The molecule has 0 aromatic rings. The predicted molar refractivity (Wildman–Crippen MR) is 54.1 cm³/mol. The molecule has 2 nitrogen and oxygen atoms in total. The molecule has 0 bridgehead atoms. The van der Waals surface area contributed by atoms with Crippen molar-refractivity contribution in [2.45, 2.75) is 33.6 Å². The normalized spacial score (nSPS) is 24.2. The van der Waals surface area contributed by atoms with Crippen LogP contribution in [0.15, 0.2) is 23.4 Å². The molecular formula is C11H17NO. The molecule has 1 N–H and O–H groups in total. The molecule has 0 aromatic heterocycles. The molecule has 0 aromatic carbocycles. The Morgan fingerprint density at radius 2 is 2.08 bits per heavy atom. The van der Waals surface area contributed by atoms with Crippen molar-refractivity contribution in [3.05, 3.63) is 23.4 Å². The number of hydrogen-bond acceptors (Lipinski definition) is 1. The number of carbonyl (C=O) groups is 1. The van der Waals surface area contributed by atoms with Gasteiger partial charge >= 0.3 is 0 Å². The number of allylic oxidation sites excluding steroid dienone is 3. The van der Waals surface area contributed by atoms with Gasteiger partial charge in [0.15, 0.2) is 0 Å². The number of hydrogen-bond donors (Lipinski definition) is 1. The fourth-order valence-corrected chi connectivity index (χ4v) is 1.46. The van der Waals surface area contributed by atoms with Gasteiger partial charge in [-0.3, -0.25) is 4.79 Å². The molecule has 1 fully saturated rings. The fraction of sp³-hybridized carbons (Fsp3) is 0.545. The van der Waals surface area contributed by atoms with Gasteiger partial charge in [-0.2, -0.15) is 0 Å². The van der Waals surface area contributed by atoms with Gasteiger partial charge in [-0.25, -0.2) is 0 Å². The van der Waals surface area contributed by atoms with Gasteiger partial charge in [-0.05, 0) is 24.8 Å². The molecule has 0 atom stereocenters. The van der Waals surface area contributed by atoms with Crippen LogP contribution in [0.4, 0.5) is 0 Å². The van der Waals surface area contributed by atoms with Crippen molar-refractivity contribution < 1.29 is 4.79 Å². The summed E-state index contributed by atoms with van der Waals surface area (Å²) >= 11 is 0. The average Bonchev–Trinajstić information content (AvgIpc) is 2.03. The molecule has 0 spiro atoms. The molecule has 0 aliphatic carbocycles. The van der Waals surface area contributed by atoms with Crippen LogP contribution in [0.2, 0.25) is 0 Å². The highest BCUT2D eigenvalue weighted by atomic mass is 16.1. The maximum atomic E-state index is 11.1. The van der Waals surface area contributed by atoms with Gasteiger partial charge < -0.3 is 5.32 Å². The minimum atomic E-state index is 0.137. The second kappa shape index (κ2) is 4.26. The first-order valence-electron chi connectivity index (χ1n) is 4.80. The van der Waals surface area contributed by atoms with Gasteiger partial charge in [0.05, 0.1) is 0 Å². The zero-order valence-corrected chi connectivity index (χ0v) is 8.55. The summed E-state index contributed by atoms with van der Waals surface area (Å²) in [6.07, 6.45) is 5.68. The van der Waals surface area contributed by atoms with E-state index in [1.165, 1.54) is 5.57 Å². The molecule has 1 aliphatic rings. The fourth-order valence-electron chi connectivity index (χ4n) is 1.46. The Balaban J connectivity index is 2.83. The molecule has 72 valence electrons. The monoisotopic (exact) mass is 179 g/mol. The van der Waals surface area contributed by atoms with E-state index in [1.54, 1.807) is 0 Å². The van der Waals surface area contributed by atoms with E-state index in [0.29, 0.717) is 12.3 Å². The van der Waals surface area contributed by atoms with Gasteiger partial charge in [0, 0.05) is 12.1 Å². The number of rotatable bonds is 1. The van der Waals surface area contributed by atoms with Gasteiger partial charge in [-0.1, -0.05) is 26.0 Å². The Morgan fingerprint density at radius 1 is 1.38 bits per heavy atom. The molecule has 13 heavy (non-hydrogen) atoms. The SMILES string of the molecule is C/C=C1/CCC(=O)N/C1=C/C(C)C. The van der Waals surface area contributed by atoms with Crippen LogP contribution in [0.1, 0.15) is 33.6 Å². The average molecular weight is 179 g/mol. The second-order valence-electron chi connectivity index (χ2n) is 3.69.